The maximum atomic E-state index is 3.80. The summed E-state index contributed by atoms with van der Waals surface area (Å²) in [7, 11) is 0. The molecule has 0 spiro atoms. The van der Waals surface area contributed by atoms with Crippen LogP contribution in [-0.4, -0.2) is 0 Å². The molecule has 2 atom stereocenters. The molecule has 2 aliphatic rings. The largest absolute Gasteiger partial charge is 0.112 e. The summed E-state index contributed by atoms with van der Waals surface area (Å²) < 4.78 is 0. The van der Waals surface area contributed by atoms with Crippen molar-refractivity contribution in [2.75, 3.05) is 0 Å². The molecule has 2 aromatic carbocycles. The highest BCUT2D eigenvalue weighted by molar-refractivity contribution is 5.80. The molecule has 0 saturated heterocycles. The Hall–Kier alpha value is -2.04. The quantitative estimate of drug-likeness (QED) is 0.636. The van der Waals surface area contributed by atoms with Crippen LogP contribution < -0.4 is 0 Å². The van der Waals surface area contributed by atoms with Crippen LogP contribution in [0.4, 0.5) is 0 Å². The minimum atomic E-state index is 0.834. The third-order valence-corrected chi connectivity index (χ3v) is 4.85. The molecule has 104 valence electrons. The Morgan fingerprint density at radius 3 is 1.67 bits per heavy atom. The van der Waals surface area contributed by atoms with E-state index in [2.05, 4.69) is 66.4 Å². The Morgan fingerprint density at radius 2 is 1.19 bits per heavy atom. The molecule has 0 aromatic heterocycles. The highest BCUT2D eigenvalue weighted by Crippen LogP contribution is 2.54. The number of hydrogen-bond donors (Lipinski definition) is 0. The van der Waals surface area contributed by atoms with Crippen molar-refractivity contribution >= 4 is 5.57 Å². The van der Waals surface area contributed by atoms with Gasteiger partial charge in [0.2, 0.25) is 0 Å². The maximum Gasteiger partial charge on any atom is 0.0309 e. The van der Waals surface area contributed by atoms with E-state index in [1.54, 1.807) is 5.57 Å². The molecule has 0 heteroatoms. The van der Waals surface area contributed by atoms with Crippen LogP contribution in [0, 0.1) is 11.8 Å². The second-order valence-corrected chi connectivity index (χ2v) is 6.18. The fourth-order valence-corrected chi connectivity index (χ4v) is 3.67. The van der Waals surface area contributed by atoms with Crippen LogP contribution in [0.2, 0.25) is 0 Å². The molecule has 2 aromatic rings. The van der Waals surface area contributed by atoms with Crippen LogP contribution >= 0.6 is 0 Å². The zero-order chi connectivity index (χ0) is 14.1. The fraction of sp³-hybridized carbons (Fsp3) is 0.286. The van der Waals surface area contributed by atoms with E-state index >= 15 is 0 Å². The highest BCUT2D eigenvalue weighted by Gasteiger charge is 2.45. The minimum absolute atomic E-state index is 0.834. The lowest BCUT2D eigenvalue weighted by Gasteiger charge is -2.05. The van der Waals surface area contributed by atoms with Gasteiger partial charge in [-0.25, -0.2) is 0 Å². The molecule has 0 aliphatic heterocycles. The average Bonchev–Trinajstić information content (AvgIpc) is 3.27. The molecule has 4 rings (SSSR count). The van der Waals surface area contributed by atoms with E-state index in [1.165, 1.54) is 42.4 Å². The number of fused-ring (bicyclic) bond motifs is 1. The molecule has 0 radical (unpaired) electrons. The predicted octanol–water partition coefficient (Wildman–Crippen LogP) is 5.46. The van der Waals surface area contributed by atoms with E-state index < -0.39 is 0 Å². The van der Waals surface area contributed by atoms with Crippen LogP contribution in [0.25, 0.3) is 5.57 Å². The van der Waals surface area contributed by atoms with Crippen molar-refractivity contribution in [3.05, 3.63) is 83.1 Å². The SMILES string of the molecule is C(=C(c1ccccc1)c1ccccc1)=C1[C@H]2CCCC[C@@H]12. The zero-order valence-corrected chi connectivity index (χ0v) is 12.3. The molecule has 21 heavy (non-hydrogen) atoms. The Bertz CT molecular complexity index is 632. The molecule has 0 nitrogen and oxygen atoms in total. The van der Waals surface area contributed by atoms with Crippen molar-refractivity contribution in [2.24, 2.45) is 11.8 Å². The van der Waals surface area contributed by atoms with Gasteiger partial charge in [0.1, 0.15) is 0 Å². The third-order valence-electron chi connectivity index (χ3n) is 4.85. The zero-order valence-electron chi connectivity index (χ0n) is 12.3. The smallest absolute Gasteiger partial charge is 0.0309 e. The summed E-state index contributed by atoms with van der Waals surface area (Å²) in [6, 6.07) is 21.4. The summed E-state index contributed by atoms with van der Waals surface area (Å²) >= 11 is 0. The van der Waals surface area contributed by atoms with E-state index in [0.717, 1.165) is 11.8 Å². The normalized spacial score (nSPS) is 23.1. The average molecular weight is 272 g/mol. The summed E-state index contributed by atoms with van der Waals surface area (Å²) in [5.41, 5.74) is 9.20. The number of rotatable bonds is 2. The predicted molar refractivity (Wildman–Crippen MR) is 87.9 cm³/mol. The van der Waals surface area contributed by atoms with Gasteiger partial charge in [-0.15, -0.1) is 5.73 Å². The van der Waals surface area contributed by atoms with Gasteiger partial charge in [0.25, 0.3) is 0 Å². The van der Waals surface area contributed by atoms with Gasteiger partial charge >= 0.3 is 0 Å². The molecule has 0 bridgehead atoms. The van der Waals surface area contributed by atoms with Crippen molar-refractivity contribution in [2.45, 2.75) is 25.7 Å². The van der Waals surface area contributed by atoms with Gasteiger partial charge in [-0.1, -0.05) is 73.5 Å². The van der Waals surface area contributed by atoms with E-state index in [4.69, 9.17) is 0 Å². The second kappa shape index (κ2) is 5.39. The lowest BCUT2D eigenvalue weighted by Crippen LogP contribution is -1.91. The number of benzene rings is 2. The summed E-state index contributed by atoms with van der Waals surface area (Å²) in [5.74, 6) is 1.67. The van der Waals surface area contributed by atoms with Crippen molar-refractivity contribution in [3.63, 3.8) is 0 Å². The van der Waals surface area contributed by atoms with Gasteiger partial charge < -0.3 is 0 Å². The molecule has 0 N–H and O–H groups in total. The van der Waals surface area contributed by atoms with E-state index in [0.29, 0.717) is 0 Å². The van der Waals surface area contributed by atoms with Crippen molar-refractivity contribution < 1.29 is 0 Å². The topological polar surface area (TPSA) is 0 Å². The first-order chi connectivity index (χ1) is 10.4. The van der Waals surface area contributed by atoms with Crippen LogP contribution in [-0.2, 0) is 0 Å². The monoisotopic (exact) mass is 272 g/mol. The summed E-state index contributed by atoms with van der Waals surface area (Å²) in [5, 5.41) is 0. The molecule has 2 fully saturated rings. The minimum Gasteiger partial charge on any atom is -0.112 e. The van der Waals surface area contributed by atoms with E-state index in [9.17, 15) is 0 Å². The van der Waals surface area contributed by atoms with E-state index in [1.807, 2.05) is 0 Å². The molecule has 0 amide bonds. The Morgan fingerprint density at radius 1 is 0.714 bits per heavy atom. The van der Waals surface area contributed by atoms with Gasteiger partial charge in [0.15, 0.2) is 0 Å². The Labute approximate surface area is 126 Å². The van der Waals surface area contributed by atoms with Gasteiger partial charge in [0, 0.05) is 5.57 Å². The molecular formula is C21H20. The summed E-state index contributed by atoms with van der Waals surface area (Å²) in [6.07, 6.45) is 5.56. The lowest BCUT2D eigenvalue weighted by molar-refractivity contribution is 0.480. The summed E-state index contributed by atoms with van der Waals surface area (Å²) in [4.78, 5) is 0. The van der Waals surface area contributed by atoms with Gasteiger partial charge in [-0.05, 0) is 41.4 Å². The molecular weight excluding hydrogens is 252 g/mol. The maximum absolute atomic E-state index is 3.80. The second-order valence-electron chi connectivity index (χ2n) is 6.18. The summed E-state index contributed by atoms with van der Waals surface area (Å²) in [6.45, 7) is 0. The van der Waals surface area contributed by atoms with Gasteiger partial charge in [-0.3, -0.25) is 0 Å². The first-order valence-corrected chi connectivity index (χ1v) is 8.05. The Kier molecular flexibility index (Phi) is 3.25. The fourth-order valence-electron chi connectivity index (χ4n) is 3.67. The molecule has 0 heterocycles. The first-order valence-electron chi connectivity index (χ1n) is 8.05. The van der Waals surface area contributed by atoms with Crippen LogP contribution in [0.3, 0.4) is 0 Å². The number of hydrogen-bond acceptors (Lipinski definition) is 0. The van der Waals surface area contributed by atoms with Crippen LogP contribution in [0.15, 0.2) is 72.0 Å². The lowest BCUT2D eigenvalue weighted by atomic mass is 9.98. The number of allylic oxidation sites excluding steroid dienone is 1. The van der Waals surface area contributed by atoms with Crippen LogP contribution in [0.5, 0.6) is 0 Å². The third kappa shape index (κ3) is 2.48. The van der Waals surface area contributed by atoms with Crippen molar-refractivity contribution in [3.8, 4) is 0 Å². The highest BCUT2D eigenvalue weighted by atomic mass is 14.5. The van der Waals surface area contributed by atoms with Crippen molar-refractivity contribution in [1.29, 1.82) is 0 Å². The first kappa shape index (κ1) is 12.7. The molecule has 2 saturated carbocycles. The Balaban J connectivity index is 1.84. The van der Waals surface area contributed by atoms with Gasteiger partial charge in [0.05, 0.1) is 0 Å². The van der Waals surface area contributed by atoms with Crippen molar-refractivity contribution in [1.82, 2.24) is 0 Å². The molecule has 2 aliphatic carbocycles. The van der Waals surface area contributed by atoms with E-state index in [-0.39, 0.29) is 0 Å². The standard InChI is InChI=1S/C21H20/c1-3-9-16(10-4-1)20(17-11-5-2-6-12-17)15-21-18-13-7-8-14-19(18)21/h1-6,9-12,18-19H,7-8,13-14H2/t18-,19+. The molecule has 0 unspecified atom stereocenters. The van der Waals surface area contributed by atoms with Gasteiger partial charge in [-0.2, -0.15) is 0 Å². The van der Waals surface area contributed by atoms with Crippen LogP contribution in [0.1, 0.15) is 36.8 Å².